The number of carbonyl (C=O) groups is 3. The maximum absolute atomic E-state index is 12.4. The molecule has 134 valence electrons. The van der Waals surface area contributed by atoms with E-state index in [1.807, 2.05) is 6.07 Å². The van der Waals surface area contributed by atoms with Gasteiger partial charge in [0.15, 0.2) is 5.82 Å². The van der Waals surface area contributed by atoms with Crippen LogP contribution >= 0.6 is 0 Å². The summed E-state index contributed by atoms with van der Waals surface area (Å²) in [5.74, 6) is 0.0529. The molecule has 2 aliphatic heterocycles. The molecule has 26 heavy (non-hydrogen) atoms. The van der Waals surface area contributed by atoms with Crippen molar-refractivity contribution < 1.29 is 18.9 Å². The SMILES string of the molecule is O=C(CN1C(=O)CCC1=O)N1CCC(c2noc(-c3ccccn3)n2)C1. The summed E-state index contributed by atoms with van der Waals surface area (Å²) < 4.78 is 5.27. The Morgan fingerprint density at radius 2 is 2.04 bits per heavy atom. The van der Waals surface area contributed by atoms with Gasteiger partial charge in [0.2, 0.25) is 17.7 Å². The van der Waals surface area contributed by atoms with Crippen LogP contribution in [0.1, 0.15) is 31.0 Å². The molecule has 0 bridgehead atoms. The minimum absolute atomic E-state index is 0.0369. The maximum atomic E-state index is 12.4. The van der Waals surface area contributed by atoms with Gasteiger partial charge >= 0.3 is 0 Å². The first-order valence-corrected chi connectivity index (χ1v) is 8.48. The number of amides is 3. The predicted octanol–water partition coefficient (Wildman–Crippen LogP) is 0.596. The molecule has 0 aliphatic carbocycles. The molecule has 9 heteroatoms. The van der Waals surface area contributed by atoms with Crippen molar-refractivity contribution in [2.24, 2.45) is 0 Å². The van der Waals surface area contributed by atoms with Crippen LogP contribution in [0, 0.1) is 0 Å². The highest BCUT2D eigenvalue weighted by molar-refractivity contribution is 6.04. The lowest BCUT2D eigenvalue weighted by Gasteiger charge is -2.19. The molecule has 1 atom stereocenters. The molecule has 0 N–H and O–H groups in total. The second kappa shape index (κ2) is 6.66. The summed E-state index contributed by atoms with van der Waals surface area (Å²) in [6.07, 6.45) is 2.73. The first kappa shape index (κ1) is 16.4. The largest absolute Gasteiger partial charge is 0.340 e. The minimum Gasteiger partial charge on any atom is -0.340 e. The highest BCUT2D eigenvalue weighted by atomic mass is 16.5. The molecule has 1 unspecified atom stereocenters. The van der Waals surface area contributed by atoms with Gasteiger partial charge in [-0.3, -0.25) is 24.3 Å². The van der Waals surface area contributed by atoms with Crippen molar-refractivity contribution in [3.8, 4) is 11.6 Å². The van der Waals surface area contributed by atoms with Gasteiger partial charge in [0.25, 0.3) is 5.89 Å². The molecule has 0 saturated carbocycles. The predicted molar refractivity (Wildman–Crippen MR) is 87.4 cm³/mol. The summed E-state index contributed by atoms with van der Waals surface area (Å²) in [6, 6.07) is 5.42. The number of imide groups is 1. The zero-order chi connectivity index (χ0) is 18.1. The van der Waals surface area contributed by atoms with Gasteiger partial charge in [0.1, 0.15) is 12.2 Å². The van der Waals surface area contributed by atoms with Crippen LogP contribution in [-0.2, 0) is 14.4 Å². The van der Waals surface area contributed by atoms with Gasteiger partial charge in [0.05, 0.1) is 0 Å². The molecule has 2 aromatic heterocycles. The average Bonchev–Trinajstić information content (AvgIpc) is 3.38. The van der Waals surface area contributed by atoms with Crippen molar-refractivity contribution in [1.29, 1.82) is 0 Å². The van der Waals surface area contributed by atoms with E-state index in [4.69, 9.17) is 4.52 Å². The molecule has 2 saturated heterocycles. The van der Waals surface area contributed by atoms with E-state index in [-0.39, 0.29) is 43.0 Å². The van der Waals surface area contributed by atoms with Crippen molar-refractivity contribution in [3.63, 3.8) is 0 Å². The Morgan fingerprint density at radius 3 is 2.77 bits per heavy atom. The van der Waals surface area contributed by atoms with Gasteiger partial charge < -0.3 is 9.42 Å². The van der Waals surface area contributed by atoms with Crippen LogP contribution < -0.4 is 0 Å². The van der Waals surface area contributed by atoms with Gasteiger partial charge in [0, 0.05) is 38.0 Å². The maximum Gasteiger partial charge on any atom is 0.276 e. The zero-order valence-corrected chi connectivity index (χ0v) is 14.0. The minimum atomic E-state index is -0.280. The Morgan fingerprint density at radius 1 is 1.23 bits per heavy atom. The van der Waals surface area contributed by atoms with E-state index >= 15 is 0 Å². The third-order valence-electron chi connectivity index (χ3n) is 4.68. The summed E-state index contributed by atoms with van der Waals surface area (Å²) in [7, 11) is 0. The Balaban J connectivity index is 1.39. The van der Waals surface area contributed by atoms with Crippen molar-refractivity contribution >= 4 is 17.7 Å². The zero-order valence-electron chi connectivity index (χ0n) is 14.0. The van der Waals surface area contributed by atoms with Crippen LogP contribution in [0.4, 0.5) is 0 Å². The number of aromatic nitrogens is 3. The Labute approximate surface area is 149 Å². The van der Waals surface area contributed by atoms with E-state index in [1.54, 1.807) is 23.2 Å². The molecule has 2 aliphatic rings. The molecule has 4 heterocycles. The van der Waals surface area contributed by atoms with Crippen LogP contribution in [0.5, 0.6) is 0 Å². The van der Waals surface area contributed by atoms with Gasteiger partial charge in [-0.15, -0.1) is 0 Å². The number of hydrogen-bond acceptors (Lipinski definition) is 7. The van der Waals surface area contributed by atoms with Gasteiger partial charge in [-0.05, 0) is 18.6 Å². The van der Waals surface area contributed by atoms with Crippen LogP contribution in [0.2, 0.25) is 0 Å². The van der Waals surface area contributed by atoms with Crippen molar-refractivity contribution in [2.75, 3.05) is 19.6 Å². The molecular weight excluding hydrogens is 338 g/mol. The topological polar surface area (TPSA) is 110 Å². The normalized spacial score (nSPS) is 20.2. The summed E-state index contributed by atoms with van der Waals surface area (Å²) in [4.78, 5) is 47.0. The third-order valence-corrected chi connectivity index (χ3v) is 4.68. The second-order valence-electron chi connectivity index (χ2n) is 6.37. The summed E-state index contributed by atoms with van der Waals surface area (Å²) >= 11 is 0. The van der Waals surface area contributed by atoms with E-state index in [0.717, 1.165) is 4.90 Å². The van der Waals surface area contributed by atoms with Crippen molar-refractivity contribution in [2.45, 2.75) is 25.2 Å². The fourth-order valence-corrected chi connectivity index (χ4v) is 3.23. The van der Waals surface area contributed by atoms with E-state index in [0.29, 0.717) is 36.9 Å². The third kappa shape index (κ3) is 3.07. The quantitative estimate of drug-likeness (QED) is 0.739. The first-order chi connectivity index (χ1) is 12.6. The molecule has 2 fully saturated rings. The summed E-state index contributed by atoms with van der Waals surface area (Å²) in [6.45, 7) is 0.791. The number of nitrogens with zero attached hydrogens (tertiary/aromatic N) is 5. The Kier molecular flexibility index (Phi) is 4.19. The van der Waals surface area contributed by atoms with E-state index in [1.165, 1.54) is 0 Å². The van der Waals surface area contributed by atoms with Crippen LogP contribution in [-0.4, -0.2) is 62.3 Å². The fraction of sp³-hybridized carbons (Fsp3) is 0.412. The molecule has 0 spiro atoms. The number of carbonyl (C=O) groups excluding carboxylic acids is 3. The lowest BCUT2D eigenvalue weighted by atomic mass is 10.1. The first-order valence-electron chi connectivity index (χ1n) is 8.48. The van der Waals surface area contributed by atoms with Gasteiger partial charge in [-0.1, -0.05) is 11.2 Å². The molecule has 9 nitrogen and oxygen atoms in total. The second-order valence-corrected chi connectivity index (χ2v) is 6.37. The number of pyridine rings is 1. The Bertz CT molecular complexity index is 834. The molecule has 2 aromatic rings. The molecule has 4 rings (SSSR count). The number of rotatable bonds is 4. The molecule has 0 aromatic carbocycles. The highest BCUT2D eigenvalue weighted by Crippen LogP contribution is 2.27. The molecular formula is C17H17N5O4. The smallest absolute Gasteiger partial charge is 0.276 e. The average molecular weight is 355 g/mol. The molecule has 0 radical (unpaired) electrons. The summed E-state index contributed by atoms with van der Waals surface area (Å²) in [5.41, 5.74) is 0.600. The van der Waals surface area contributed by atoms with Crippen LogP contribution in [0.3, 0.4) is 0 Å². The number of likely N-dealkylation sites (tertiary alicyclic amines) is 2. The van der Waals surface area contributed by atoms with Crippen LogP contribution in [0.25, 0.3) is 11.6 Å². The Hall–Kier alpha value is -3.10. The van der Waals surface area contributed by atoms with Crippen molar-refractivity contribution in [3.05, 3.63) is 30.2 Å². The van der Waals surface area contributed by atoms with E-state index < -0.39 is 0 Å². The van der Waals surface area contributed by atoms with Gasteiger partial charge in [-0.25, -0.2) is 0 Å². The monoisotopic (exact) mass is 355 g/mol. The van der Waals surface area contributed by atoms with Gasteiger partial charge in [-0.2, -0.15) is 4.98 Å². The standard InChI is InChI=1S/C17H17N5O4/c23-13-4-5-14(24)22(13)10-15(25)21-8-6-11(9-21)16-19-17(26-20-16)12-3-1-2-7-18-12/h1-3,7,11H,4-6,8-10H2. The van der Waals surface area contributed by atoms with Crippen LogP contribution in [0.15, 0.2) is 28.9 Å². The lowest BCUT2D eigenvalue weighted by molar-refractivity contribution is -0.145. The van der Waals surface area contributed by atoms with Crippen molar-refractivity contribution in [1.82, 2.24) is 24.9 Å². The fourth-order valence-electron chi connectivity index (χ4n) is 3.23. The molecule has 3 amide bonds. The number of hydrogen-bond donors (Lipinski definition) is 0. The summed E-state index contributed by atoms with van der Waals surface area (Å²) in [5, 5.41) is 4.01. The lowest BCUT2D eigenvalue weighted by Crippen LogP contribution is -2.41. The highest BCUT2D eigenvalue weighted by Gasteiger charge is 2.35. The van der Waals surface area contributed by atoms with E-state index in [9.17, 15) is 14.4 Å². The van der Waals surface area contributed by atoms with E-state index in [2.05, 4.69) is 15.1 Å².